The van der Waals surface area contributed by atoms with Gasteiger partial charge in [-0.1, -0.05) is 29.8 Å². The average Bonchev–Trinajstić information content (AvgIpc) is 2.38. The highest BCUT2D eigenvalue weighted by atomic mass is 35.5. The number of hydrogen-bond donors (Lipinski definition) is 1. The summed E-state index contributed by atoms with van der Waals surface area (Å²) in [4.78, 5) is 24.7. The van der Waals surface area contributed by atoms with Crippen LogP contribution >= 0.6 is 11.6 Å². The summed E-state index contributed by atoms with van der Waals surface area (Å²) in [6.07, 6.45) is 1.83. The van der Waals surface area contributed by atoms with Crippen molar-refractivity contribution in [1.29, 1.82) is 0 Å². The number of nitrogens with zero attached hydrogens (tertiary/aromatic N) is 1. The first kappa shape index (κ1) is 15.2. The molecule has 0 aliphatic heterocycles. The maximum absolute atomic E-state index is 11.6. The van der Waals surface area contributed by atoms with Gasteiger partial charge in [-0.15, -0.1) is 6.58 Å². The summed E-state index contributed by atoms with van der Waals surface area (Å²) in [6.45, 7) is 5.68. The maximum Gasteiger partial charge on any atom is 0.223 e. The van der Waals surface area contributed by atoms with E-state index in [4.69, 9.17) is 11.6 Å². The number of hydrogen-bond acceptors (Lipinski definition) is 2. The number of nitrogens with one attached hydrogen (secondary N) is 1. The largest absolute Gasteiger partial charge is 0.353 e. The molecule has 4 nitrogen and oxygen atoms in total. The highest BCUT2D eigenvalue weighted by Crippen LogP contribution is 2.25. The van der Waals surface area contributed by atoms with Gasteiger partial charge in [0.1, 0.15) is 0 Å². The number of para-hydroxylation sites is 1. The smallest absolute Gasteiger partial charge is 0.223 e. The standard InChI is InChI=1S/C14H17ClN2O2/c1-3-9-16-14(19)8-10-17(11(2)18)13-7-5-4-6-12(13)15/h3-7H,1,8-10H2,2H3,(H,16,19). The molecule has 102 valence electrons. The molecule has 0 unspecified atom stereocenters. The van der Waals surface area contributed by atoms with E-state index in [0.29, 0.717) is 23.8 Å². The van der Waals surface area contributed by atoms with Crippen LogP contribution in [0.5, 0.6) is 0 Å². The Bertz CT molecular complexity index is 474. The van der Waals surface area contributed by atoms with Gasteiger partial charge in [0.05, 0.1) is 10.7 Å². The molecule has 1 rings (SSSR count). The summed E-state index contributed by atoms with van der Waals surface area (Å²) in [7, 11) is 0. The molecule has 1 aromatic carbocycles. The summed E-state index contributed by atoms with van der Waals surface area (Å²) in [5, 5.41) is 3.15. The Balaban J connectivity index is 2.70. The topological polar surface area (TPSA) is 49.4 Å². The lowest BCUT2D eigenvalue weighted by Gasteiger charge is -2.22. The molecule has 0 bridgehead atoms. The van der Waals surface area contributed by atoms with Crippen molar-refractivity contribution in [3.8, 4) is 0 Å². The van der Waals surface area contributed by atoms with E-state index in [1.807, 2.05) is 0 Å². The van der Waals surface area contributed by atoms with Gasteiger partial charge in [0.15, 0.2) is 0 Å². The molecule has 0 heterocycles. The van der Waals surface area contributed by atoms with Crippen LogP contribution in [0.25, 0.3) is 0 Å². The molecular weight excluding hydrogens is 264 g/mol. The Hall–Kier alpha value is -1.81. The SMILES string of the molecule is C=CCNC(=O)CCN(C(C)=O)c1ccccc1Cl. The third kappa shape index (κ3) is 4.75. The number of amides is 2. The van der Waals surface area contributed by atoms with E-state index in [2.05, 4.69) is 11.9 Å². The number of benzene rings is 1. The number of carbonyl (C=O) groups is 2. The molecule has 5 heteroatoms. The fourth-order valence-electron chi connectivity index (χ4n) is 1.61. The summed E-state index contributed by atoms with van der Waals surface area (Å²) in [6, 6.07) is 7.06. The normalized spacial score (nSPS) is 9.79. The number of rotatable bonds is 6. The molecule has 2 amide bonds. The molecule has 0 aliphatic rings. The van der Waals surface area contributed by atoms with Crippen molar-refractivity contribution in [1.82, 2.24) is 5.32 Å². The molecule has 1 N–H and O–H groups in total. The van der Waals surface area contributed by atoms with Crippen molar-refractivity contribution in [2.45, 2.75) is 13.3 Å². The maximum atomic E-state index is 11.6. The van der Waals surface area contributed by atoms with Crippen LogP contribution in [0.2, 0.25) is 5.02 Å². The molecule has 0 saturated carbocycles. The Morgan fingerprint density at radius 2 is 2.11 bits per heavy atom. The number of halogens is 1. The van der Waals surface area contributed by atoms with Gasteiger partial charge in [-0.25, -0.2) is 0 Å². The first-order valence-electron chi connectivity index (χ1n) is 5.96. The fraction of sp³-hybridized carbons (Fsp3) is 0.286. The van der Waals surface area contributed by atoms with E-state index >= 15 is 0 Å². The Morgan fingerprint density at radius 3 is 2.68 bits per heavy atom. The van der Waals surface area contributed by atoms with Crippen LogP contribution in [0.1, 0.15) is 13.3 Å². The second-order valence-electron chi connectivity index (χ2n) is 3.96. The minimum Gasteiger partial charge on any atom is -0.353 e. The molecule has 0 spiro atoms. The Morgan fingerprint density at radius 1 is 1.42 bits per heavy atom. The summed E-state index contributed by atoms with van der Waals surface area (Å²) < 4.78 is 0. The van der Waals surface area contributed by atoms with Crippen molar-refractivity contribution in [2.24, 2.45) is 0 Å². The van der Waals surface area contributed by atoms with Crippen molar-refractivity contribution >= 4 is 29.1 Å². The van der Waals surface area contributed by atoms with Gasteiger partial charge in [0.25, 0.3) is 0 Å². The van der Waals surface area contributed by atoms with Crippen molar-refractivity contribution in [2.75, 3.05) is 18.0 Å². The predicted molar refractivity (Wildman–Crippen MR) is 77.3 cm³/mol. The predicted octanol–water partition coefficient (Wildman–Crippen LogP) is 2.39. The Labute approximate surface area is 118 Å². The lowest BCUT2D eigenvalue weighted by atomic mass is 10.2. The zero-order valence-corrected chi connectivity index (χ0v) is 11.6. The van der Waals surface area contributed by atoms with Crippen LogP contribution < -0.4 is 10.2 Å². The minimum absolute atomic E-state index is 0.127. The van der Waals surface area contributed by atoms with Crippen LogP contribution in [0.3, 0.4) is 0 Å². The zero-order chi connectivity index (χ0) is 14.3. The van der Waals surface area contributed by atoms with Crippen LogP contribution in [0, 0.1) is 0 Å². The molecule has 0 aliphatic carbocycles. The summed E-state index contributed by atoms with van der Waals surface area (Å²) in [5.41, 5.74) is 0.619. The van der Waals surface area contributed by atoms with Gasteiger partial charge in [0, 0.05) is 26.4 Å². The van der Waals surface area contributed by atoms with Crippen LogP contribution in [0.4, 0.5) is 5.69 Å². The molecule has 1 aromatic rings. The fourth-order valence-corrected chi connectivity index (χ4v) is 1.84. The molecule has 0 radical (unpaired) electrons. The minimum atomic E-state index is -0.148. The molecule has 0 aromatic heterocycles. The van der Waals surface area contributed by atoms with Gasteiger partial charge in [-0.3, -0.25) is 9.59 Å². The second kappa shape index (κ2) is 7.59. The first-order valence-corrected chi connectivity index (χ1v) is 6.34. The lowest BCUT2D eigenvalue weighted by molar-refractivity contribution is -0.120. The zero-order valence-electron chi connectivity index (χ0n) is 10.9. The van der Waals surface area contributed by atoms with Gasteiger partial charge < -0.3 is 10.2 Å². The van der Waals surface area contributed by atoms with Crippen LogP contribution in [-0.2, 0) is 9.59 Å². The quantitative estimate of drug-likeness (QED) is 0.814. The van der Waals surface area contributed by atoms with E-state index in [-0.39, 0.29) is 18.2 Å². The van der Waals surface area contributed by atoms with E-state index in [1.54, 1.807) is 30.3 Å². The monoisotopic (exact) mass is 280 g/mol. The Kier molecular flexibility index (Phi) is 6.09. The van der Waals surface area contributed by atoms with Gasteiger partial charge in [0.2, 0.25) is 11.8 Å². The van der Waals surface area contributed by atoms with Gasteiger partial charge >= 0.3 is 0 Å². The van der Waals surface area contributed by atoms with Crippen molar-refractivity contribution in [3.05, 3.63) is 41.9 Å². The average molecular weight is 281 g/mol. The van der Waals surface area contributed by atoms with Crippen molar-refractivity contribution < 1.29 is 9.59 Å². The highest BCUT2D eigenvalue weighted by Gasteiger charge is 2.15. The molecule has 0 saturated heterocycles. The molecule has 19 heavy (non-hydrogen) atoms. The number of anilines is 1. The molecular formula is C14H17ClN2O2. The highest BCUT2D eigenvalue weighted by molar-refractivity contribution is 6.33. The second-order valence-corrected chi connectivity index (χ2v) is 4.37. The van der Waals surface area contributed by atoms with E-state index in [1.165, 1.54) is 11.8 Å². The van der Waals surface area contributed by atoms with Crippen LogP contribution in [0.15, 0.2) is 36.9 Å². The summed E-state index contributed by atoms with van der Waals surface area (Å²) in [5.74, 6) is -0.275. The van der Waals surface area contributed by atoms with E-state index < -0.39 is 0 Å². The third-order valence-electron chi connectivity index (χ3n) is 2.53. The van der Waals surface area contributed by atoms with Crippen molar-refractivity contribution in [3.63, 3.8) is 0 Å². The van der Waals surface area contributed by atoms with Crippen LogP contribution in [-0.4, -0.2) is 24.9 Å². The lowest BCUT2D eigenvalue weighted by Crippen LogP contribution is -2.34. The van der Waals surface area contributed by atoms with E-state index in [0.717, 1.165) is 0 Å². The number of carbonyl (C=O) groups excluding carboxylic acids is 2. The summed E-state index contributed by atoms with van der Waals surface area (Å²) >= 11 is 6.05. The molecule has 0 atom stereocenters. The first-order chi connectivity index (χ1) is 9.06. The van der Waals surface area contributed by atoms with E-state index in [9.17, 15) is 9.59 Å². The van der Waals surface area contributed by atoms with Gasteiger partial charge in [-0.05, 0) is 12.1 Å². The third-order valence-corrected chi connectivity index (χ3v) is 2.85. The van der Waals surface area contributed by atoms with Gasteiger partial charge in [-0.2, -0.15) is 0 Å². The molecule has 0 fully saturated rings.